The molecule has 2 saturated carbocycles. The first kappa shape index (κ1) is 13.3. The Morgan fingerprint density at radius 3 is 2.47 bits per heavy atom. The summed E-state index contributed by atoms with van der Waals surface area (Å²) < 4.78 is 5.90. The van der Waals surface area contributed by atoms with E-state index in [9.17, 15) is 4.79 Å². The highest BCUT2D eigenvalue weighted by Gasteiger charge is 2.68. The highest BCUT2D eigenvalue weighted by Crippen LogP contribution is 2.69. The van der Waals surface area contributed by atoms with Gasteiger partial charge in [-0.25, -0.2) is 0 Å². The van der Waals surface area contributed by atoms with Crippen molar-refractivity contribution in [2.75, 3.05) is 5.75 Å². The van der Waals surface area contributed by atoms with Gasteiger partial charge in [-0.3, -0.25) is 4.79 Å². The van der Waals surface area contributed by atoms with Gasteiger partial charge in [0.25, 0.3) is 0 Å². The molecule has 2 rings (SSSR count). The minimum Gasteiger partial charge on any atom is -0.458 e. The molecule has 3 unspecified atom stereocenters. The Morgan fingerprint density at radius 1 is 1.35 bits per heavy atom. The van der Waals surface area contributed by atoms with Crippen LogP contribution in [0.3, 0.4) is 0 Å². The van der Waals surface area contributed by atoms with Crippen molar-refractivity contribution < 1.29 is 9.53 Å². The molecule has 17 heavy (non-hydrogen) atoms. The molecule has 0 amide bonds. The van der Waals surface area contributed by atoms with E-state index >= 15 is 0 Å². The largest absolute Gasteiger partial charge is 0.458 e. The molecule has 2 aliphatic rings. The van der Waals surface area contributed by atoms with Gasteiger partial charge in [0, 0.05) is 16.6 Å². The molecule has 0 aromatic heterocycles. The fourth-order valence-corrected chi connectivity index (χ4v) is 4.26. The second-order valence-electron chi connectivity index (χ2n) is 6.70. The molecule has 3 heteroatoms. The van der Waals surface area contributed by atoms with Crippen LogP contribution < -0.4 is 0 Å². The van der Waals surface area contributed by atoms with Gasteiger partial charge in [-0.05, 0) is 32.1 Å². The number of thiol groups is 1. The van der Waals surface area contributed by atoms with Crippen molar-refractivity contribution in [1.82, 2.24) is 0 Å². The van der Waals surface area contributed by atoms with Crippen LogP contribution in [-0.4, -0.2) is 17.3 Å². The third-order valence-electron chi connectivity index (χ3n) is 5.78. The van der Waals surface area contributed by atoms with Crippen LogP contribution in [-0.2, 0) is 9.53 Å². The van der Waals surface area contributed by atoms with Crippen LogP contribution in [0.5, 0.6) is 0 Å². The smallest absolute Gasteiger partial charge is 0.307 e. The molecule has 0 radical (unpaired) electrons. The normalized spacial score (nSPS) is 42.8. The molecule has 2 aliphatic carbocycles. The third-order valence-corrected chi connectivity index (χ3v) is 6.00. The molecule has 0 N–H and O–H groups in total. The second-order valence-corrected chi connectivity index (χ2v) is 7.15. The van der Waals surface area contributed by atoms with Crippen molar-refractivity contribution in [3.8, 4) is 0 Å². The average molecular weight is 256 g/mol. The van der Waals surface area contributed by atoms with Crippen LogP contribution in [0.4, 0.5) is 0 Å². The van der Waals surface area contributed by atoms with Crippen LogP contribution in [0.25, 0.3) is 0 Å². The summed E-state index contributed by atoms with van der Waals surface area (Å²) in [7, 11) is 0. The van der Waals surface area contributed by atoms with E-state index in [1.165, 1.54) is 19.3 Å². The molecule has 0 aromatic carbocycles. The van der Waals surface area contributed by atoms with Gasteiger partial charge < -0.3 is 4.74 Å². The van der Waals surface area contributed by atoms with Gasteiger partial charge in [-0.1, -0.05) is 20.8 Å². The quantitative estimate of drug-likeness (QED) is 0.618. The van der Waals surface area contributed by atoms with Crippen molar-refractivity contribution in [2.24, 2.45) is 16.7 Å². The Hall–Kier alpha value is -0.180. The first-order chi connectivity index (χ1) is 7.77. The van der Waals surface area contributed by atoms with E-state index < -0.39 is 0 Å². The summed E-state index contributed by atoms with van der Waals surface area (Å²) in [4.78, 5) is 11.8. The number of ether oxygens (including phenoxy) is 1. The van der Waals surface area contributed by atoms with E-state index in [0.717, 1.165) is 0 Å². The number of hydrogen-bond acceptors (Lipinski definition) is 3. The molecule has 2 fully saturated rings. The number of carbonyl (C=O) groups is 1. The zero-order valence-electron chi connectivity index (χ0n) is 11.4. The summed E-state index contributed by atoms with van der Waals surface area (Å²) in [5.74, 6) is 1.17. The number of hydrogen-bond donors (Lipinski definition) is 1. The van der Waals surface area contributed by atoms with Crippen molar-refractivity contribution in [1.29, 1.82) is 0 Å². The molecule has 2 nitrogen and oxygen atoms in total. The van der Waals surface area contributed by atoms with Gasteiger partial charge in [0.2, 0.25) is 0 Å². The van der Waals surface area contributed by atoms with Gasteiger partial charge in [-0.15, -0.1) is 0 Å². The maximum Gasteiger partial charge on any atom is 0.307 e. The fourth-order valence-electron chi connectivity index (χ4n) is 4.08. The van der Waals surface area contributed by atoms with Crippen molar-refractivity contribution in [3.05, 3.63) is 0 Å². The Labute approximate surface area is 110 Å². The minimum absolute atomic E-state index is 0.0895. The van der Waals surface area contributed by atoms with E-state index in [0.29, 0.717) is 18.1 Å². The Morgan fingerprint density at radius 2 is 2.00 bits per heavy atom. The minimum atomic E-state index is -0.317. The van der Waals surface area contributed by atoms with Gasteiger partial charge >= 0.3 is 5.97 Å². The van der Waals surface area contributed by atoms with Gasteiger partial charge in [-0.2, -0.15) is 12.6 Å². The van der Waals surface area contributed by atoms with Crippen LogP contribution in [0.15, 0.2) is 0 Å². The Balaban J connectivity index is 2.25. The molecule has 0 heterocycles. The molecule has 2 bridgehead atoms. The molecule has 0 spiro atoms. The zero-order chi connectivity index (χ0) is 12.9. The molecule has 0 saturated heterocycles. The zero-order valence-corrected chi connectivity index (χ0v) is 12.3. The van der Waals surface area contributed by atoms with E-state index in [1.54, 1.807) is 0 Å². The molecule has 0 aliphatic heterocycles. The number of esters is 1. The van der Waals surface area contributed by atoms with Crippen LogP contribution in [0.2, 0.25) is 0 Å². The Bertz CT molecular complexity index is 332. The number of carbonyl (C=O) groups excluding carboxylic acids is 1. The van der Waals surface area contributed by atoms with Crippen molar-refractivity contribution >= 4 is 18.6 Å². The molecule has 0 aromatic rings. The first-order valence-electron chi connectivity index (χ1n) is 6.59. The summed E-state index contributed by atoms with van der Waals surface area (Å²) in [6.45, 7) is 8.95. The molecular weight excluding hydrogens is 232 g/mol. The second kappa shape index (κ2) is 3.91. The Kier molecular flexibility index (Phi) is 3.05. The van der Waals surface area contributed by atoms with Crippen LogP contribution >= 0.6 is 12.6 Å². The highest BCUT2D eigenvalue weighted by atomic mass is 32.1. The van der Waals surface area contributed by atoms with Crippen molar-refractivity contribution in [2.45, 2.75) is 59.0 Å². The summed E-state index contributed by atoms with van der Waals surface area (Å²) in [6.07, 6.45) is 4.08. The molecule has 3 atom stereocenters. The topological polar surface area (TPSA) is 26.3 Å². The summed E-state index contributed by atoms with van der Waals surface area (Å²) >= 11 is 4.10. The van der Waals surface area contributed by atoms with Crippen LogP contribution in [0.1, 0.15) is 53.4 Å². The number of fused-ring (bicyclic) bond motifs is 2. The summed E-state index contributed by atoms with van der Waals surface area (Å²) in [5.41, 5.74) is -0.0668. The SMILES string of the molecule is CC12CCC(C1)C(C)(C)C2(C)OC(=O)CCS. The molecule has 98 valence electrons. The summed E-state index contributed by atoms with van der Waals surface area (Å²) in [6, 6.07) is 0. The fraction of sp³-hybridized carbons (Fsp3) is 0.929. The monoisotopic (exact) mass is 256 g/mol. The van der Waals surface area contributed by atoms with Crippen molar-refractivity contribution in [3.63, 3.8) is 0 Å². The predicted octanol–water partition coefficient (Wildman–Crippen LogP) is 3.45. The maximum atomic E-state index is 11.8. The lowest BCUT2D eigenvalue weighted by Crippen LogP contribution is -2.54. The first-order valence-corrected chi connectivity index (χ1v) is 7.23. The average Bonchev–Trinajstić information content (AvgIpc) is 2.66. The van der Waals surface area contributed by atoms with E-state index in [1.807, 2.05) is 0 Å². The van der Waals surface area contributed by atoms with E-state index in [-0.39, 0.29) is 22.4 Å². The van der Waals surface area contributed by atoms with E-state index in [2.05, 4.69) is 40.3 Å². The predicted molar refractivity (Wildman–Crippen MR) is 72.2 cm³/mol. The maximum absolute atomic E-state index is 11.8. The number of rotatable bonds is 3. The van der Waals surface area contributed by atoms with E-state index in [4.69, 9.17) is 4.74 Å². The lowest BCUT2D eigenvalue weighted by Gasteiger charge is -2.51. The lowest BCUT2D eigenvalue weighted by molar-refractivity contribution is -0.192. The standard InChI is InChI=1S/C14H24O2S/c1-12(2)10-5-7-13(3,9-10)14(12,4)16-11(15)6-8-17/h10,17H,5-9H2,1-4H3. The summed E-state index contributed by atoms with van der Waals surface area (Å²) in [5, 5.41) is 0. The molecular formula is C14H24O2S. The lowest BCUT2D eigenvalue weighted by atomic mass is 9.61. The van der Waals surface area contributed by atoms with Gasteiger partial charge in [0.1, 0.15) is 5.60 Å². The van der Waals surface area contributed by atoms with Gasteiger partial charge in [0.15, 0.2) is 0 Å². The highest BCUT2D eigenvalue weighted by molar-refractivity contribution is 7.80. The van der Waals surface area contributed by atoms with Crippen LogP contribution in [0, 0.1) is 16.7 Å². The third kappa shape index (κ3) is 1.65. The van der Waals surface area contributed by atoms with Gasteiger partial charge in [0.05, 0.1) is 6.42 Å².